The Kier molecular flexibility index (Phi) is 1.71. The predicted octanol–water partition coefficient (Wildman–Crippen LogP) is 0.834. The van der Waals surface area contributed by atoms with Gasteiger partial charge in [-0.3, -0.25) is 0 Å². The van der Waals surface area contributed by atoms with Gasteiger partial charge in [-0.1, -0.05) is 35.4 Å². The zero-order valence-corrected chi connectivity index (χ0v) is 9.17. The second-order valence-electron chi connectivity index (χ2n) is 3.83. The third-order valence-electron chi connectivity index (χ3n) is 2.72. The Hall–Kier alpha value is -2.83. The van der Waals surface area contributed by atoms with Crippen molar-refractivity contribution in [2.75, 3.05) is 0 Å². The van der Waals surface area contributed by atoms with Crippen molar-refractivity contribution in [1.82, 2.24) is 34.6 Å². The molecular weight excluding hydrogens is 230 g/mol. The summed E-state index contributed by atoms with van der Waals surface area (Å²) in [5.74, 6) is 0.544. The third-order valence-corrected chi connectivity index (χ3v) is 2.72. The van der Waals surface area contributed by atoms with Gasteiger partial charge in [0.15, 0.2) is 5.65 Å². The van der Waals surface area contributed by atoms with Gasteiger partial charge in [-0.2, -0.15) is 14.1 Å². The molecule has 7 heteroatoms. The molecule has 0 atom stereocenters. The Balaban J connectivity index is 2.04. The number of benzene rings is 1. The minimum absolute atomic E-state index is 0.544. The van der Waals surface area contributed by atoms with E-state index in [-0.39, 0.29) is 0 Å². The van der Waals surface area contributed by atoms with E-state index in [2.05, 4.69) is 25.6 Å². The van der Waals surface area contributed by atoms with Crippen molar-refractivity contribution in [3.8, 4) is 11.3 Å². The Morgan fingerprint density at radius 2 is 1.94 bits per heavy atom. The molecule has 7 nitrogen and oxygen atoms in total. The number of rotatable bonds is 1. The van der Waals surface area contributed by atoms with Crippen molar-refractivity contribution >= 4 is 11.4 Å². The van der Waals surface area contributed by atoms with Crippen LogP contribution in [0.4, 0.5) is 0 Å². The normalized spacial score (nSPS) is 11.3. The van der Waals surface area contributed by atoms with Crippen LogP contribution in [0, 0.1) is 0 Å². The van der Waals surface area contributed by atoms with Gasteiger partial charge in [0.25, 0.3) is 5.78 Å². The summed E-state index contributed by atoms with van der Waals surface area (Å²) in [5.41, 5.74) is 2.60. The monoisotopic (exact) mass is 237 g/mol. The largest absolute Gasteiger partial charge is 0.278 e. The Morgan fingerprint density at radius 1 is 1.06 bits per heavy atom. The van der Waals surface area contributed by atoms with E-state index in [1.807, 2.05) is 36.4 Å². The first-order chi connectivity index (χ1) is 8.92. The summed E-state index contributed by atoms with van der Waals surface area (Å²) in [5, 5.41) is 15.8. The second-order valence-corrected chi connectivity index (χ2v) is 3.83. The minimum Gasteiger partial charge on any atom is -0.217 e. The molecule has 4 aromatic rings. The average Bonchev–Trinajstić information content (AvgIpc) is 3.05. The van der Waals surface area contributed by atoms with Crippen molar-refractivity contribution in [1.29, 1.82) is 0 Å². The van der Waals surface area contributed by atoms with Crippen LogP contribution >= 0.6 is 0 Å². The van der Waals surface area contributed by atoms with Gasteiger partial charge in [0.05, 0.1) is 5.69 Å². The summed E-state index contributed by atoms with van der Waals surface area (Å²) in [7, 11) is 0. The molecule has 0 saturated heterocycles. The van der Waals surface area contributed by atoms with Crippen molar-refractivity contribution in [2.24, 2.45) is 0 Å². The highest BCUT2D eigenvalue weighted by Crippen LogP contribution is 2.18. The van der Waals surface area contributed by atoms with Crippen molar-refractivity contribution in [2.45, 2.75) is 0 Å². The van der Waals surface area contributed by atoms with Gasteiger partial charge in [0, 0.05) is 11.6 Å². The maximum atomic E-state index is 4.47. The van der Waals surface area contributed by atoms with Crippen molar-refractivity contribution < 1.29 is 0 Å². The lowest BCUT2D eigenvalue weighted by Crippen LogP contribution is -1.99. The van der Waals surface area contributed by atoms with E-state index in [0.717, 1.165) is 16.9 Å². The van der Waals surface area contributed by atoms with E-state index >= 15 is 0 Å². The molecule has 3 heterocycles. The van der Waals surface area contributed by atoms with E-state index in [1.54, 1.807) is 10.8 Å². The highest BCUT2D eigenvalue weighted by atomic mass is 15.6. The number of tetrazole rings is 1. The van der Waals surface area contributed by atoms with Crippen molar-refractivity contribution in [3.05, 3.63) is 42.7 Å². The van der Waals surface area contributed by atoms with Crippen LogP contribution in [0.2, 0.25) is 0 Å². The summed E-state index contributed by atoms with van der Waals surface area (Å²) < 4.78 is 3.11. The summed E-state index contributed by atoms with van der Waals surface area (Å²) in [6, 6.07) is 11.8. The van der Waals surface area contributed by atoms with Crippen LogP contribution in [0.25, 0.3) is 22.7 Å². The van der Waals surface area contributed by atoms with Gasteiger partial charge in [0.1, 0.15) is 6.33 Å². The first-order valence-electron chi connectivity index (χ1n) is 5.40. The van der Waals surface area contributed by atoms with Gasteiger partial charge >= 0.3 is 0 Å². The lowest BCUT2D eigenvalue weighted by atomic mass is 10.2. The Labute approximate surface area is 101 Å². The summed E-state index contributed by atoms with van der Waals surface area (Å²) in [4.78, 5) is 4.25. The molecule has 3 aromatic heterocycles. The van der Waals surface area contributed by atoms with Crippen LogP contribution in [0.1, 0.15) is 0 Å². The van der Waals surface area contributed by atoms with E-state index in [0.29, 0.717) is 5.78 Å². The summed E-state index contributed by atoms with van der Waals surface area (Å²) in [6.07, 6.45) is 1.57. The quantitative estimate of drug-likeness (QED) is 0.490. The number of hydrogen-bond donors (Lipinski definition) is 0. The van der Waals surface area contributed by atoms with Crippen LogP contribution in [-0.4, -0.2) is 34.6 Å². The highest BCUT2D eigenvalue weighted by Gasteiger charge is 2.09. The molecule has 0 aliphatic heterocycles. The zero-order chi connectivity index (χ0) is 11.9. The molecule has 0 fully saturated rings. The van der Waals surface area contributed by atoms with Gasteiger partial charge < -0.3 is 0 Å². The lowest BCUT2D eigenvalue weighted by Gasteiger charge is -1.93. The average molecular weight is 237 g/mol. The van der Waals surface area contributed by atoms with Gasteiger partial charge in [-0.25, -0.2) is 4.98 Å². The molecule has 0 N–H and O–H groups in total. The highest BCUT2D eigenvalue weighted by molar-refractivity contribution is 5.64. The molecule has 0 aliphatic rings. The van der Waals surface area contributed by atoms with E-state index in [9.17, 15) is 0 Å². The molecule has 1 aromatic carbocycles. The Bertz CT molecular complexity index is 830. The third kappa shape index (κ3) is 1.21. The number of aromatic nitrogens is 7. The smallest absolute Gasteiger partial charge is 0.217 e. The number of hydrogen-bond acceptors (Lipinski definition) is 5. The van der Waals surface area contributed by atoms with Crippen LogP contribution in [0.3, 0.4) is 0 Å². The molecular formula is C11H7N7. The molecule has 18 heavy (non-hydrogen) atoms. The maximum absolute atomic E-state index is 4.47. The molecule has 4 rings (SSSR count). The predicted molar refractivity (Wildman–Crippen MR) is 62.8 cm³/mol. The number of fused-ring (bicyclic) bond motifs is 3. The first-order valence-corrected chi connectivity index (χ1v) is 5.40. The van der Waals surface area contributed by atoms with Gasteiger partial charge in [0.2, 0.25) is 0 Å². The molecule has 0 bridgehead atoms. The maximum Gasteiger partial charge on any atom is 0.278 e. The standard InChI is InChI=1S/C11H7N7/c1-2-4-8(5-3-1)9-6-10-12-7-17-11(13-15-16-17)18(10)14-9/h1-7H. The van der Waals surface area contributed by atoms with Crippen LogP contribution in [-0.2, 0) is 0 Å². The number of nitrogens with zero attached hydrogens (tertiary/aromatic N) is 7. The molecule has 86 valence electrons. The van der Waals surface area contributed by atoms with E-state index in [1.165, 1.54) is 4.52 Å². The molecule has 0 spiro atoms. The fraction of sp³-hybridized carbons (Fsp3) is 0. The minimum atomic E-state index is 0.544. The van der Waals surface area contributed by atoms with Crippen molar-refractivity contribution in [3.63, 3.8) is 0 Å². The fourth-order valence-electron chi connectivity index (χ4n) is 1.88. The first kappa shape index (κ1) is 9.23. The molecule has 0 amide bonds. The SMILES string of the molecule is c1ccc(-c2cc3ncn4nnnc4n3n2)cc1. The van der Waals surface area contributed by atoms with Gasteiger partial charge in [-0.05, 0) is 10.4 Å². The van der Waals surface area contributed by atoms with Crippen LogP contribution < -0.4 is 0 Å². The van der Waals surface area contributed by atoms with Crippen LogP contribution in [0.15, 0.2) is 42.7 Å². The molecule has 0 saturated carbocycles. The van der Waals surface area contributed by atoms with Crippen LogP contribution in [0.5, 0.6) is 0 Å². The zero-order valence-electron chi connectivity index (χ0n) is 9.17. The fourth-order valence-corrected chi connectivity index (χ4v) is 1.88. The molecule has 0 radical (unpaired) electrons. The van der Waals surface area contributed by atoms with Gasteiger partial charge in [-0.15, -0.1) is 0 Å². The second kappa shape index (κ2) is 3.33. The van der Waals surface area contributed by atoms with E-state index in [4.69, 9.17) is 0 Å². The molecule has 0 aliphatic carbocycles. The van der Waals surface area contributed by atoms with E-state index < -0.39 is 0 Å². The lowest BCUT2D eigenvalue weighted by molar-refractivity contribution is 0.796. The Morgan fingerprint density at radius 3 is 2.83 bits per heavy atom. The summed E-state index contributed by atoms with van der Waals surface area (Å²) in [6.45, 7) is 0. The molecule has 0 unspecified atom stereocenters. The topological polar surface area (TPSA) is 73.3 Å². The summed E-state index contributed by atoms with van der Waals surface area (Å²) >= 11 is 0.